The number of hydrogen-bond donors (Lipinski definition) is 0. The second-order valence-corrected chi connectivity index (χ2v) is 3.92. The Balaban J connectivity index is 3.26. The molecule has 14 heavy (non-hydrogen) atoms. The number of methoxy groups -OCH3 is 1. The van der Waals surface area contributed by atoms with E-state index in [0.29, 0.717) is 0 Å². The number of carbonyl (C=O) groups excluding carboxylic acids is 1. The predicted octanol–water partition coefficient (Wildman–Crippen LogP) is 1.56. The molecule has 0 saturated heterocycles. The van der Waals surface area contributed by atoms with Gasteiger partial charge in [0.15, 0.2) is 5.69 Å². The van der Waals surface area contributed by atoms with Crippen LogP contribution in [0.1, 0.15) is 31.3 Å². The Morgan fingerprint density at radius 3 is 2.57 bits per heavy atom. The molecule has 78 valence electrons. The molecule has 0 bridgehead atoms. The third kappa shape index (κ3) is 1.76. The summed E-state index contributed by atoms with van der Waals surface area (Å²) < 4.78 is 19.1. The first-order chi connectivity index (χ1) is 6.38. The number of nitrogens with zero attached hydrogens (tertiary/aromatic N) is 2. The van der Waals surface area contributed by atoms with Crippen LogP contribution in [-0.2, 0) is 10.3 Å². The van der Waals surface area contributed by atoms with Crippen LogP contribution in [0.4, 0.5) is 4.39 Å². The van der Waals surface area contributed by atoms with Gasteiger partial charge in [-0.25, -0.2) is 9.78 Å². The molecule has 1 aromatic heterocycles. The van der Waals surface area contributed by atoms with Gasteiger partial charge in [0.2, 0.25) is 5.95 Å². The minimum atomic E-state index is -0.799. The number of ether oxygens (including phenoxy) is 1. The maximum absolute atomic E-state index is 13.1. The van der Waals surface area contributed by atoms with E-state index < -0.39 is 17.5 Å². The summed E-state index contributed by atoms with van der Waals surface area (Å²) in [5, 5.41) is 0. The number of hydrogen-bond acceptors (Lipinski definition) is 3. The molecule has 0 spiro atoms. The summed E-state index contributed by atoms with van der Waals surface area (Å²) in [6.07, 6.45) is 1.29. The Hall–Kier alpha value is -1.39. The van der Waals surface area contributed by atoms with Gasteiger partial charge in [-0.3, -0.25) is 0 Å². The first kappa shape index (κ1) is 10.7. The third-order valence-electron chi connectivity index (χ3n) is 1.82. The van der Waals surface area contributed by atoms with E-state index in [1.165, 1.54) is 18.0 Å². The highest BCUT2D eigenvalue weighted by atomic mass is 19.1. The van der Waals surface area contributed by atoms with Crippen molar-refractivity contribution in [2.75, 3.05) is 7.11 Å². The van der Waals surface area contributed by atoms with Crippen LogP contribution in [0.15, 0.2) is 6.33 Å². The molecule has 0 unspecified atom stereocenters. The van der Waals surface area contributed by atoms with Crippen LogP contribution in [0.3, 0.4) is 0 Å². The van der Waals surface area contributed by atoms with Gasteiger partial charge in [0, 0.05) is 5.54 Å². The molecule has 0 N–H and O–H groups in total. The summed E-state index contributed by atoms with van der Waals surface area (Å²) in [4.78, 5) is 14.7. The monoisotopic (exact) mass is 200 g/mol. The number of aromatic nitrogens is 2. The number of esters is 1. The molecule has 0 atom stereocenters. The molecule has 0 aliphatic carbocycles. The molecule has 0 fully saturated rings. The van der Waals surface area contributed by atoms with E-state index in [4.69, 9.17) is 0 Å². The van der Waals surface area contributed by atoms with E-state index in [0.717, 1.165) is 0 Å². The van der Waals surface area contributed by atoms with Gasteiger partial charge in [0.25, 0.3) is 0 Å². The Labute approximate surface area is 81.7 Å². The molecule has 0 aliphatic heterocycles. The van der Waals surface area contributed by atoms with Crippen molar-refractivity contribution in [3.8, 4) is 0 Å². The van der Waals surface area contributed by atoms with Crippen LogP contribution in [0.2, 0.25) is 0 Å². The van der Waals surface area contributed by atoms with Crippen molar-refractivity contribution in [1.82, 2.24) is 9.55 Å². The normalized spacial score (nSPS) is 11.5. The fraction of sp³-hybridized carbons (Fsp3) is 0.556. The van der Waals surface area contributed by atoms with Crippen molar-refractivity contribution in [1.29, 1.82) is 0 Å². The predicted molar refractivity (Wildman–Crippen MR) is 48.5 cm³/mol. The highest BCUT2D eigenvalue weighted by molar-refractivity contribution is 5.87. The zero-order valence-corrected chi connectivity index (χ0v) is 8.67. The molecular formula is C9H13FN2O2. The summed E-state index contributed by atoms with van der Waals surface area (Å²) in [6.45, 7) is 5.54. The minimum absolute atomic E-state index is 0.139. The second-order valence-electron chi connectivity index (χ2n) is 3.92. The van der Waals surface area contributed by atoms with Crippen LogP contribution in [-0.4, -0.2) is 22.6 Å². The molecule has 1 aromatic rings. The van der Waals surface area contributed by atoms with Gasteiger partial charge in [0.1, 0.15) is 0 Å². The highest BCUT2D eigenvalue weighted by Crippen LogP contribution is 2.19. The van der Waals surface area contributed by atoms with Crippen LogP contribution >= 0.6 is 0 Å². The molecule has 4 nitrogen and oxygen atoms in total. The van der Waals surface area contributed by atoms with Gasteiger partial charge in [-0.05, 0) is 20.8 Å². The van der Waals surface area contributed by atoms with Crippen molar-refractivity contribution in [3.63, 3.8) is 0 Å². The summed E-state index contributed by atoms with van der Waals surface area (Å²) in [5.41, 5.74) is -0.541. The second kappa shape index (κ2) is 3.40. The topological polar surface area (TPSA) is 44.1 Å². The molecule has 1 rings (SSSR count). The lowest BCUT2D eigenvalue weighted by Crippen LogP contribution is -2.26. The maximum Gasteiger partial charge on any atom is 0.359 e. The van der Waals surface area contributed by atoms with Crippen molar-refractivity contribution >= 4 is 5.97 Å². The smallest absolute Gasteiger partial charge is 0.359 e. The van der Waals surface area contributed by atoms with Gasteiger partial charge in [0.05, 0.1) is 13.4 Å². The Morgan fingerprint density at radius 2 is 2.14 bits per heavy atom. The van der Waals surface area contributed by atoms with Gasteiger partial charge in [-0.2, -0.15) is 4.39 Å². The molecule has 0 amide bonds. The van der Waals surface area contributed by atoms with E-state index >= 15 is 0 Å². The van der Waals surface area contributed by atoms with E-state index in [2.05, 4.69) is 9.72 Å². The minimum Gasteiger partial charge on any atom is -0.464 e. The molecule has 0 aromatic carbocycles. The van der Waals surface area contributed by atoms with Crippen molar-refractivity contribution < 1.29 is 13.9 Å². The fourth-order valence-corrected chi connectivity index (χ4v) is 1.11. The van der Waals surface area contributed by atoms with Crippen molar-refractivity contribution in [2.24, 2.45) is 0 Å². The first-order valence-electron chi connectivity index (χ1n) is 4.19. The quantitative estimate of drug-likeness (QED) is 0.646. The molecular weight excluding hydrogens is 187 g/mol. The van der Waals surface area contributed by atoms with Gasteiger partial charge in [-0.15, -0.1) is 0 Å². The number of carbonyl (C=O) groups is 1. The SMILES string of the molecule is COC(=O)c1c(F)ncn1C(C)(C)C. The first-order valence-corrected chi connectivity index (χ1v) is 4.19. The largest absolute Gasteiger partial charge is 0.464 e. The Bertz CT molecular complexity index is 352. The summed E-state index contributed by atoms with van der Waals surface area (Å²) in [7, 11) is 1.21. The average molecular weight is 200 g/mol. The Morgan fingerprint density at radius 1 is 1.57 bits per heavy atom. The van der Waals surface area contributed by atoms with E-state index in [1.54, 1.807) is 0 Å². The van der Waals surface area contributed by atoms with Crippen LogP contribution < -0.4 is 0 Å². The molecule has 5 heteroatoms. The number of halogens is 1. The molecule has 0 saturated carbocycles. The number of rotatable bonds is 1. The van der Waals surface area contributed by atoms with E-state index in [-0.39, 0.29) is 5.69 Å². The van der Waals surface area contributed by atoms with Crippen LogP contribution in [0.25, 0.3) is 0 Å². The van der Waals surface area contributed by atoms with Crippen molar-refractivity contribution in [2.45, 2.75) is 26.3 Å². The summed E-state index contributed by atoms with van der Waals surface area (Å²) >= 11 is 0. The third-order valence-corrected chi connectivity index (χ3v) is 1.82. The zero-order chi connectivity index (χ0) is 10.9. The van der Waals surface area contributed by atoms with Gasteiger partial charge >= 0.3 is 5.97 Å². The van der Waals surface area contributed by atoms with Crippen molar-refractivity contribution in [3.05, 3.63) is 18.0 Å². The van der Waals surface area contributed by atoms with Crippen LogP contribution in [0.5, 0.6) is 0 Å². The fourth-order valence-electron chi connectivity index (χ4n) is 1.11. The van der Waals surface area contributed by atoms with Gasteiger partial charge in [-0.1, -0.05) is 0 Å². The highest BCUT2D eigenvalue weighted by Gasteiger charge is 2.25. The lowest BCUT2D eigenvalue weighted by atomic mass is 10.1. The number of imidazole rings is 1. The van der Waals surface area contributed by atoms with Gasteiger partial charge < -0.3 is 9.30 Å². The van der Waals surface area contributed by atoms with E-state index in [9.17, 15) is 9.18 Å². The summed E-state index contributed by atoms with van der Waals surface area (Å²) in [5.74, 6) is -1.51. The average Bonchev–Trinajstić information content (AvgIpc) is 2.45. The van der Waals surface area contributed by atoms with Crippen LogP contribution in [0, 0.1) is 5.95 Å². The standard InChI is InChI=1S/C9H13FN2O2/c1-9(2,3)12-5-11-7(10)6(12)8(13)14-4/h5H,1-4H3. The Kier molecular flexibility index (Phi) is 2.59. The van der Waals surface area contributed by atoms with E-state index in [1.807, 2.05) is 20.8 Å². The molecule has 0 radical (unpaired) electrons. The molecule has 0 aliphatic rings. The lowest BCUT2D eigenvalue weighted by molar-refractivity contribution is 0.0575. The zero-order valence-electron chi connectivity index (χ0n) is 8.67. The maximum atomic E-state index is 13.1. The molecule has 1 heterocycles. The summed E-state index contributed by atoms with van der Waals surface area (Å²) in [6, 6.07) is 0. The lowest BCUT2D eigenvalue weighted by Gasteiger charge is -2.22.